The second-order valence-electron chi connectivity index (χ2n) is 8.08. The predicted octanol–water partition coefficient (Wildman–Crippen LogP) is 7.59. The van der Waals surface area contributed by atoms with Crippen molar-refractivity contribution >= 4 is 0 Å². The van der Waals surface area contributed by atoms with E-state index < -0.39 is 5.82 Å². The Balaban J connectivity index is 1.56. The number of unbranched alkanes of at least 4 members (excludes halogenated alkanes) is 4. The lowest BCUT2D eigenvalue weighted by atomic mass is 9.97. The molecule has 0 unspecified atom stereocenters. The Morgan fingerprint density at radius 2 is 1.60 bits per heavy atom. The van der Waals surface area contributed by atoms with E-state index in [4.69, 9.17) is 5.26 Å². The van der Waals surface area contributed by atoms with Crippen molar-refractivity contribution in [1.29, 1.82) is 5.26 Å². The van der Waals surface area contributed by atoms with Crippen molar-refractivity contribution < 1.29 is 8.78 Å². The minimum Gasteiger partial charge on any atom is -0.206 e. The molecule has 0 bridgehead atoms. The summed E-state index contributed by atoms with van der Waals surface area (Å²) in [7, 11) is 0. The average molecular weight is 402 g/mol. The Morgan fingerprint density at radius 3 is 2.37 bits per heavy atom. The molecule has 0 radical (unpaired) electrons. The van der Waals surface area contributed by atoms with Crippen molar-refractivity contribution in [2.45, 2.75) is 51.9 Å². The SMILES string of the molecule is CCCCCCCc1ccc2c(c1F)Cc1cc(-c3ccc(C#N)c(F)c3)ccc1-2. The number of rotatable bonds is 7. The number of fused-ring (bicyclic) bond motifs is 3. The van der Waals surface area contributed by atoms with Crippen LogP contribution in [0.5, 0.6) is 0 Å². The monoisotopic (exact) mass is 401 g/mol. The highest BCUT2D eigenvalue weighted by molar-refractivity contribution is 5.80. The van der Waals surface area contributed by atoms with Crippen molar-refractivity contribution in [1.82, 2.24) is 0 Å². The minimum absolute atomic E-state index is 0.0385. The molecule has 0 amide bonds. The maximum Gasteiger partial charge on any atom is 0.141 e. The van der Waals surface area contributed by atoms with Crippen LogP contribution in [0.3, 0.4) is 0 Å². The first kappa shape index (κ1) is 20.3. The number of benzene rings is 3. The zero-order valence-electron chi connectivity index (χ0n) is 17.3. The van der Waals surface area contributed by atoms with Gasteiger partial charge in [0, 0.05) is 12.0 Å². The van der Waals surface area contributed by atoms with Gasteiger partial charge in [-0.15, -0.1) is 0 Å². The first-order valence-electron chi connectivity index (χ1n) is 10.8. The second kappa shape index (κ2) is 8.79. The third-order valence-corrected chi connectivity index (χ3v) is 6.06. The van der Waals surface area contributed by atoms with Crippen LogP contribution in [0, 0.1) is 23.0 Å². The fraction of sp³-hybridized carbons (Fsp3) is 0.296. The molecule has 152 valence electrons. The number of nitrogens with zero attached hydrogens (tertiary/aromatic N) is 1. The Hall–Kier alpha value is -2.99. The fourth-order valence-corrected chi connectivity index (χ4v) is 4.37. The smallest absolute Gasteiger partial charge is 0.141 e. The Morgan fingerprint density at radius 1 is 0.867 bits per heavy atom. The van der Waals surface area contributed by atoms with E-state index >= 15 is 4.39 Å². The maximum atomic E-state index is 15.2. The lowest BCUT2D eigenvalue weighted by Crippen LogP contribution is -1.96. The van der Waals surface area contributed by atoms with Crippen LogP contribution in [0.15, 0.2) is 48.5 Å². The highest BCUT2D eigenvalue weighted by atomic mass is 19.1. The third-order valence-electron chi connectivity index (χ3n) is 6.06. The highest BCUT2D eigenvalue weighted by Crippen LogP contribution is 2.41. The molecule has 1 aliphatic rings. The lowest BCUT2D eigenvalue weighted by Gasteiger charge is -2.08. The molecule has 30 heavy (non-hydrogen) atoms. The molecule has 0 aliphatic heterocycles. The molecule has 0 aromatic heterocycles. The summed E-state index contributed by atoms with van der Waals surface area (Å²) in [6.07, 6.45) is 7.19. The van der Waals surface area contributed by atoms with Gasteiger partial charge in [-0.2, -0.15) is 5.26 Å². The van der Waals surface area contributed by atoms with Crippen molar-refractivity contribution in [3.8, 4) is 28.3 Å². The average Bonchev–Trinajstić information content (AvgIpc) is 3.13. The molecule has 0 saturated carbocycles. The van der Waals surface area contributed by atoms with E-state index in [0.717, 1.165) is 58.2 Å². The van der Waals surface area contributed by atoms with Gasteiger partial charge in [-0.3, -0.25) is 0 Å². The zero-order valence-corrected chi connectivity index (χ0v) is 17.3. The van der Waals surface area contributed by atoms with Crippen LogP contribution in [-0.4, -0.2) is 0 Å². The van der Waals surface area contributed by atoms with Crippen LogP contribution in [0.25, 0.3) is 22.3 Å². The second-order valence-corrected chi connectivity index (χ2v) is 8.08. The summed E-state index contributed by atoms with van der Waals surface area (Å²) in [5, 5.41) is 8.92. The Bertz CT molecular complexity index is 1120. The van der Waals surface area contributed by atoms with Crippen molar-refractivity contribution in [3.05, 3.63) is 82.4 Å². The summed E-state index contributed by atoms with van der Waals surface area (Å²) < 4.78 is 29.2. The van der Waals surface area contributed by atoms with Crippen molar-refractivity contribution in [2.75, 3.05) is 0 Å². The Kier molecular flexibility index (Phi) is 5.95. The summed E-state index contributed by atoms with van der Waals surface area (Å²) in [4.78, 5) is 0. The molecule has 0 fully saturated rings. The topological polar surface area (TPSA) is 23.8 Å². The van der Waals surface area contributed by atoms with E-state index in [1.165, 1.54) is 31.4 Å². The normalized spacial score (nSPS) is 11.8. The summed E-state index contributed by atoms with van der Waals surface area (Å²) in [5.41, 5.74) is 6.31. The molecule has 4 rings (SSSR count). The molecule has 0 spiro atoms. The third kappa shape index (κ3) is 3.87. The van der Waals surface area contributed by atoms with Gasteiger partial charge < -0.3 is 0 Å². The van der Waals surface area contributed by atoms with Gasteiger partial charge in [-0.25, -0.2) is 8.78 Å². The lowest BCUT2D eigenvalue weighted by molar-refractivity contribution is 0.580. The molecule has 0 saturated heterocycles. The van der Waals surface area contributed by atoms with Gasteiger partial charge in [0.1, 0.15) is 17.7 Å². The van der Waals surface area contributed by atoms with Gasteiger partial charge in [0.05, 0.1) is 5.56 Å². The zero-order chi connectivity index (χ0) is 21.1. The largest absolute Gasteiger partial charge is 0.206 e. The molecule has 0 atom stereocenters. The van der Waals surface area contributed by atoms with E-state index in [1.54, 1.807) is 6.07 Å². The quantitative estimate of drug-likeness (QED) is 0.293. The highest BCUT2D eigenvalue weighted by Gasteiger charge is 2.23. The molecule has 3 aromatic rings. The van der Waals surface area contributed by atoms with Gasteiger partial charge in [0.25, 0.3) is 0 Å². The number of hydrogen-bond acceptors (Lipinski definition) is 1. The molecule has 1 aliphatic carbocycles. The van der Waals surface area contributed by atoms with Gasteiger partial charge in [-0.05, 0) is 58.4 Å². The molecular weight excluding hydrogens is 376 g/mol. The molecule has 0 N–H and O–H groups in total. The van der Waals surface area contributed by atoms with Crippen LogP contribution in [-0.2, 0) is 12.8 Å². The number of hydrogen-bond donors (Lipinski definition) is 0. The number of aryl methyl sites for hydroxylation is 1. The molecule has 3 heteroatoms. The molecule has 3 aromatic carbocycles. The first-order valence-corrected chi connectivity index (χ1v) is 10.8. The van der Waals surface area contributed by atoms with Gasteiger partial charge >= 0.3 is 0 Å². The maximum absolute atomic E-state index is 15.2. The molecule has 1 nitrogen and oxygen atoms in total. The van der Waals surface area contributed by atoms with Gasteiger partial charge in [0.15, 0.2) is 0 Å². The van der Waals surface area contributed by atoms with Crippen LogP contribution in [0.1, 0.15) is 61.3 Å². The summed E-state index contributed by atoms with van der Waals surface area (Å²) in [6.45, 7) is 2.20. The predicted molar refractivity (Wildman–Crippen MR) is 117 cm³/mol. The molecule has 0 heterocycles. The van der Waals surface area contributed by atoms with Gasteiger partial charge in [-0.1, -0.05) is 69.0 Å². The fourth-order valence-electron chi connectivity index (χ4n) is 4.37. The number of halogens is 2. The van der Waals surface area contributed by atoms with E-state index in [0.29, 0.717) is 6.42 Å². The van der Waals surface area contributed by atoms with Crippen LogP contribution in [0.2, 0.25) is 0 Å². The minimum atomic E-state index is -0.520. The summed E-state index contributed by atoms with van der Waals surface area (Å²) in [6, 6.07) is 16.4. The van der Waals surface area contributed by atoms with E-state index in [1.807, 2.05) is 36.4 Å². The number of nitriles is 1. The van der Waals surface area contributed by atoms with E-state index in [-0.39, 0.29) is 11.4 Å². The van der Waals surface area contributed by atoms with Crippen molar-refractivity contribution in [2.24, 2.45) is 0 Å². The standard InChI is InChI=1S/C27H25F2N/c1-2-3-4-5-6-7-18-10-13-24-23-12-11-19(14-22(23)15-25(24)27(18)29)20-8-9-21(17-30)26(28)16-20/h8-14,16H,2-7,15H2,1H3. The van der Waals surface area contributed by atoms with Crippen LogP contribution < -0.4 is 0 Å². The molecular formula is C27H25F2N. The van der Waals surface area contributed by atoms with Gasteiger partial charge in [0.2, 0.25) is 0 Å². The first-order chi connectivity index (χ1) is 14.6. The van der Waals surface area contributed by atoms with E-state index in [2.05, 4.69) is 6.92 Å². The summed E-state index contributed by atoms with van der Waals surface area (Å²) >= 11 is 0. The van der Waals surface area contributed by atoms with Crippen LogP contribution in [0.4, 0.5) is 8.78 Å². The van der Waals surface area contributed by atoms with Crippen LogP contribution >= 0.6 is 0 Å². The van der Waals surface area contributed by atoms with E-state index in [9.17, 15) is 4.39 Å². The summed E-state index contributed by atoms with van der Waals surface area (Å²) in [5.74, 6) is -0.585. The van der Waals surface area contributed by atoms with Crippen molar-refractivity contribution in [3.63, 3.8) is 0 Å². The Labute approximate surface area is 177 Å².